The summed E-state index contributed by atoms with van der Waals surface area (Å²) in [7, 11) is -3.69. The minimum atomic E-state index is -3.69. The van der Waals surface area contributed by atoms with Crippen LogP contribution in [0.4, 0.5) is 9.80 Å². The first-order chi connectivity index (χ1) is 29.9. The minimum absolute atomic E-state index is 0.0550. The summed E-state index contributed by atoms with van der Waals surface area (Å²) >= 11 is 0. The zero-order chi connectivity index (χ0) is 43.3. The van der Waals surface area contributed by atoms with Crippen LogP contribution >= 0.6 is 0 Å². The lowest BCUT2D eigenvalue weighted by atomic mass is 9.82. The van der Waals surface area contributed by atoms with Gasteiger partial charge in [-0.3, -0.25) is 19.2 Å². The lowest BCUT2D eigenvalue weighted by Crippen LogP contribution is -2.45. The molecule has 9 rings (SSSR count). The van der Waals surface area contributed by atoms with Crippen molar-refractivity contribution in [2.45, 2.75) is 56.8 Å². The van der Waals surface area contributed by atoms with Crippen LogP contribution < -0.4 is 16.0 Å². The van der Waals surface area contributed by atoms with Crippen molar-refractivity contribution in [3.63, 3.8) is 0 Å². The van der Waals surface area contributed by atoms with Crippen molar-refractivity contribution in [1.29, 1.82) is 0 Å². The van der Waals surface area contributed by atoms with Crippen molar-refractivity contribution in [3.8, 4) is 11.4 Å². The number of anilines is 1. The average Bonchev–Trinajstić information content (AvgIpc) is 3.69. The number of halogens is 1. The summed E-state index contributed by atoms with van der Waals surface area (Å²) in [5.74, 6) is -1.51. The highest BCUT2D eigenvalue weighted by molar-refractivity contribution is 6.72. The number of rotatable bonds is 11. The molecule has 0 aliphatic carbocycles. The Balaban J connectivity index is 1.14. The molecule has 5 aromatic carbocycles. The maximum absolute atomic E-state index is 16.9. The molecule has 314 valence electrons. The molecular formula is C48H45FN6O6Si. The van der Waals surface area contributed by atoms with E-state index in [9.17, 15) is 19.5 Å². The van der Waals surface area contributed by atoms with Gasteiger partial charge in [0.1, 0.15) is 0 Å². The average molecular weight is 849 g/mol. The van der Waals surface area contributed by atoms with E-state index in [2.05, 4.69) is 10.2 Å². The van der Waals surface area contributed by atoms with Gasteiger partial charge in [-0.2, -0.15) is 19.6 Å². The Morgan fingerprint density at radius 3 is 2.02 bits per heavy atom. The Labute approximate surface area is 357 Å². The van der Waals surface area contributed by atoms with Crippen LogP contribution in [-0.4, -0.2) is 69.0 Å². The van der Waals surface area contributed by atoms with Crippen LogP contribution in [0.3, 0.4) is 0 Å². The first-order valence-corrected chi connectivity index (χ1v) is 23.6. The number of benzene rings is 5. The molecule has 2 aromatic heterocycles. The Hall–Kier alpha value is -6.61. The Morgan fingerprint density at radius 1 is 0.790 bits per heavy atom. The van der Waals surface area contributed by atoms with Gasteiger partial charge in [-0.05, 0) is 66.7 Å². The monoisotopic (exact) mass is 848 g/mol. The standard InChI is InChI=1S/C48H45FN6O6Si/c1-31-44(62(2,3)49)42(26-43(57)52(22-23-56)29-32-12-5-4-6-13-32)61-48(31)40-25-37(55-46(59)39-19-10-8-16-35(39)28-51-55)20-21-41(40)53(47(48)60)30-33-14-11-17-36(24-33)54-45(58)38-18-9-7-15-34(38)27-50-54/h4-21,24-25,27-28,31,42,44,56H,22-23,26,29-30H2,1-3H3/t31-,42+,44-,48+/m0/s1. The fourth-order valence-electron chi connectivity index (χ4n) is 9.56. The van der Waals surface area contributed by atoms with Gasteiger partial charge in [-0.15, -0.1) is 0 Å². The van der Waals surface area contributed by atoms with E-state index < -0.39 is 37.5 Å². The molecule has 2 aliphatic heterocycles. The normalized spacial score (nSPS) is 19.7. The highest BCUT2D eigenvalue weighted by Gasteiger charge is 2.67. The molecule has 1 spiro atoms. The number of hydrogen-bond acceptors (Lipinski definition) is 8. The highest BCUT2D eigenvalue weighted by Crippen LogP contribution is 2.60. The zero-order valence-corrected chi connectivity index (χ0v) is 35.5. The first-order valence-electron chi connectivity index (χ1n) is 20.7. The van der Waals surface area contributed by atoms with E-state index in [4.69, 9.17) is 4.74 Å². The molecule has 2 aliphatic rings. The third-order valence-electron chi connectivity index (χ3n) is 12.4. The van der Waals surface area contributed by atoms with Gasteiger partial charge in [-0.25, -0.2) is 0 Å². The molecule has 14 heteroatoms. The van der Waals surface area contributed by atoms with Crippen LogP contribution in [0.5, 0.6) is 0 Å². The van der Waals surface area contributed by atoms with E-state index in [1.54, 1.807) is 91.1 Å². The van der Waals surface area contributed by atoms with Gasteiger partial charge in [0.15, 0.2) is 5.60 Å². The molecule has 0 saturated carbocycles. The van der Waals surface area contributed by atoms with Crippen LogP contribution in [0, 0.1) is 5.92 Å². The molecule has 0 unspecified atom stereocenters. The summed E-state index contributed by atoms with van der Waals surface area (Å²) in [6, 6.07) is 36.2. The second-order valence-corrected chi connectivity index (χ2v) is 20.5. The van der Waals surface area contributed by atoms with Crippen molar-refractivity contribution < 1.29 is 23.5 Å². The van der Waals surface area contributed by atoms with Gasteiger partial charge in [0.2, 0.25) is 14.3 Å². The molecule has 1 fully saturated rings. The summed E-state index contributed by atoms with van der Waals surface area (Å²) in [5, 5.41) is 21.3. The lowest BCUT2D eigenvalue weighted by Gasteiger charge is -2.31. The third-order valence-corrected chi connectivity index (χ3v) is 14.8. The van der Waals surface area contributed by atoms with Gasteiger partial charge in [0, 0.05) is 40.9 Å². The molecule has 1 N–H and O–H groups in total. The zero-order valence-electron chi connectivity index (χ0n) is 34.5. The van der Waals surface area contributed by atoms with E-state index in [1.165, 1.54) is 14.3 Å². The number of carbonyl (C=O) groups excluding carboxylic acids is 2. The Kier molecular flexibility index (Phi) is 10.5. The van der Waals surface area contributed by atoms with Gasteiger partial charge >= 0.3 is 0 Å². The molecule has 0 radical (unpaired) electrons. The predicted octanol–water partition coefficient (Wildman–Crippen LogP) is 6.82. The summed E-state index contributed by atoms with van der Waals surface area (Å²) in [4.78, 5) is 60.2. The topological polar surface area (TPSA) is 140 Å². The van der Waals surface area contributed by atoms with E-state index in [1.807, 2.05) is 67.6 Å². The number of amides is 2. The largest absolute Gasteiger partial charge is 0.395 e. The molecule has 4 heterocycles. The maximum Gasteiger partial charge on any atom is 0.279 e. The SMILES string of the molecule is C[C@H]1[C@H]([Si](C)(C)F)[C@@H](CC(=O)N(CCO)Cc2ccccc2)O[C@]12C(=O)N(Cc1cccc(-n3ncc4ccccc4c3=O)c1)c1ccc(-n3ncc4ccccc4c3=O)cc12. The number of hydrogen-bond donors (Lipinski definition) is 1. The van der Waals surface area contributed by atoms with E-state index in [0.717, 1.165) is 10.9 Å². The third kappa shape index (κ3) is 7.03. The molecule has 1 saturated heterocycles. The van der Waals surface area contributed by atoms with Crippen LogP contribution in [-0.2, 0) is 33.0 Å². The van der Waals surface area contributed by atoms with Gasteiger partial charge in [-0.1, -0.05) is 85.8 Å². The van der Waals surface area contributed by atoms with Crippen LogP contribution in [0.25, 0.3) is 32.9 Å². The summed E-state index contributed by atoms with van der Waals surface area (Å²) in [6.07, 6.45) is 2.04. The first kappa shape index (κ1) is 40.8. The van der Waals surface area contributed by atoms with Crippen LogP contribution in [0.1, 0.15) is 30.0 Å². The van der Waals surface area contributed by atoms with Crippen molar-refractivity contribution in [2.75, 3.05) is 18.1 Å². The number of aliphatic hydroxyl groups is 1. The van der Waals surface area contributed by atoms with Crippen LogP contribution in [0.2, 0.25) is 18.6 Å². The molecular weight excluding hydrogens is 804 g/mol. The number of nitrogens with zero attached hydrogens (tertiary/aromatic N) is 6. The van der Waals surface area contributed by atoms with E-state index >= 15 is 8.90 Å². The van der Waals surface area contributed by atoms with Crippen molar-refractivity contribution in [1.82, 2.24) is 24.5 Å². The molecule has 62 heavy (non-hydrogen) atoms. The highest BCUT2D eigenvalue weighted by atomic mass is 28.4. The fraction of sp³-hybridized carbons (Fsp3) is 0.250. The van der Waals surface area contributed by atoms with Crippen molar-refractivity contribution in [2.24, 2.45) is 5.92 Å². The minimum Gasteiger partial charge on any atom is -0.395 e. The van der Waals surface area contributed by atoms with E-state index in [-0.39, 0.29) is 49.7 Å². The van der Waals surface area contributed by atoms with Crippen molar-refractivity contribution in [3.05, 3.63) is 171 Å². The molecule has 4 atom stereocenters. The summed E-state index contributed by atoms with van der Waals surface area (Å²) in [6.45, 7) is 5.05. The Morgan fingerprint density at radius 2 is 1.39 bits per heavy atom. The second-order valence-electron chi connectivity index (χ2n) is 16.7. The number of ether oxygens (including phenoxy) is 1. The fourth-order valence-corrected chi connectivity index (χ4v) is 12.1. The van der Waals surface area contributed by atoms with Gasteiger partial charge < -0.3 is 23.8 Å². The molecule has 7 aromatic rings. The van der Waals surface area contributed by atoms with Crippen molar-refractivity contribution >= 4 is 47.5 Å². The molecule has 12 nitrogen and oxygen atoms in total. The Bertz CT molecular complexity index is 2990. The second kappa shape index (κ2) is 16.0. The number of carbonyl (C=O) groups is 2. The summed E-state index contributed by atoms with van der Waals surface area (Å²) < 4.78 is 26.5. The molecule has 2 amide bonds. The maximum atomic E-state index is 16.9. The van der Waals surface area contributed by atoms with E-state index in [0.29, 0.717) is 44.3 Å². The predicted molar refractivity (Wildman–Crippen MR) is 237 cm³/mol. The van der Waals surface area contributed by atoms with Crippen LogP contribution in [0.15, 0.2) is 143 Å². The number of aliphatic hydroxyl groups excluding tert-OH is 1. The van der Waals surface area contributed by atoms with Gasteiger partial charge in [0.25, 0.3) is 17.0 Å². The molecule has 0 bridgehead atoms. The number of aromatic nitrogens is 4. The lowest BCUT2D eigenvalue weighted by molar-refractivity contribution is -0.150. The smallest absolute Gasteiger partial charge is 0.279 e. The summed E-state index contributed by atoms with van der Waals surface area (Å²) in [5.41, 5.74) is 0.213. The number of fused-ring (bicyclic) bond motifs is 4. The van der Waals surface area contributed by atoms with Gasteiger partial charge in [0.05, 0.1) is 65.9 Å². The quantitative estimate of drug-likeness (QED) is 0.111.